The van der Waals surface area contributed by atoms with Crippen molar-refractivity contribution in [1.29, 1.82) is 0 Å². The number of ether oxygens (including phenoxy) is 1. The Labute approximate surface area is 122 Å². The third-order valence-corrected chi connectivity index (χ3v) is 3.72. The van der Waals surface area contributed by atoms with Crippen LogP contribution in [0.15, 0.2) is 24.3 Å². The first-order chi connectivity index (χ1) is 9.99. The number of benzene rings is 1. The molecule has 6 heteroatoms. The predicted octanol–water partition coefficient (Wildman–Crippen LogP) is 3.59. The van der Waals surface area contributed by atoms with E-state index in [1.807, 2.05) is 0 Å². The fourth-order valence-electron chi connectivity index (χ4n) is 2.66. The molecule has 3 nitrogen and oxygen atoms in total. The van der Waals surface area contributed by atoms with Crippen LogP contribution in [0.3, 0.4) is 0 Å². The molecule has 0 saturated heterocycles. The van der Waals surface area contributed by atoms with Gasteiger partial charge in [-0.05, 0) is 43.5 Å². The molecule has 0 aromatic heterocycles. The number of aliphatic hydroxyl groups excluding tert-OH is 1. The van der Waals surface area contributed by atoms with E-state index >= 15 is 0 Å². The summed E-state index contributed by atoms with van der Waals surface area (Å²) in [5.41, 5.74) is 0.791. The molecule has 0 unspecified atom stereocenters. The molecule has 2 N–H and O–H groups in total. The van der Waals surface area contributed by atoms with Crippen LogP contribution in [-0.2, 0) is 0 Å². The second kappa shape index (κ2) is 7.02. The van der Waals surface area contributed by atoms with Crippen LogP contribution in [0, 0.1) is 5.92 Å². The number of hydrogen-bond acceptors (Lipinski definition) is 3. The summed E-state index contributed by atoms with van der Waals surface area (Å²) in [5.74, 6) is -0.567. The molecule has 0 aliphatic heterocycles. The van der Waals surface area contributed by atoms with Crippen LogP contribution in [0.1, 0.15) is 25.7 Å². The molecule has 1 fully saturated rings. The van der Waals surface area contributed by atoms with Crippen molar-refractivity contribution in [1.82, 2.24) is 0 Å². The summed E-state index contributed by atoms with van der Waals surface area (Å²) >= 11 is 0. The standard InChI is InChI=1S/C15H20F3NO2/c16-15(17,18)11-2-1-3-13(10-11)19-12-4-6-14(7-5-12)21-9-8-20/h4-7,11,13,19-20H,1-3,8-10H2/t11-,13-/m0/s1. The largest absolute Gasteiger partial charge is 0.491 e. The summed E-state index contributed by atoms with van der Waals surface area (Å²) in [6.45, 7) is 0.170. The Balaban J connectivity index is 1.89. The first-order valence-electron chi connectivity index (χ1n) is 7.16. The third-order valence-electron chi connectivity index (χ3n) is 3.72. The number of rotatable bonds is 5. The van der Waals surface area contributed by atoms with Crippen molar-refractivity contribution in [2.75, 3.05) is 18.5 Å². The fourth-order valence-corrected chi connectivity index (χ4v) is 2.66. The average Bonchev–Trinajstić information content (AvgIpc) is 2.46. The molecule has 2 atom stereocenters. The van der Waals surface area contributed by atoms with E-state index in [1.165, 1.54) is 0 Å². The maximum Gasteiger partial charge on any atom is 0.391 e. The van der Waals surface area contributed by atoms with Crippen LogP contribution in [0.4, 0.5) is 18.9 Å². The molecule has 0 amide bonds. The Bertz CT molecular complexity index is 434. The van der Waals surface area contributed by atoms with Gasteiger partial charge in [-0.1, -0.05) is 6.42 Å². The highest BCUT2D eigenvalue weighted by atomic mass is 19.4. The Morgan fingerprint density at radius 2 is 1.90 bits per heavy atom. The Kier molecular flexibility index (Phi) is 5.33. The molecule has 0 radical (unpaired) electrons. The molecule has 0 bridgehead atoms. The molecule has 1 aliphatic rings. The van der Waals surface area contributed by atoms with Crippen LogP contribution in [0.2, 0.25) is 0 Å². The van der Waals surface area contributed by atoms with Gasteiger partial charge in [0.15, 0.2) is 0 Å². The highest BCUT2D eigenvalue weighted by molar-refractivity contribution is 5.47. The van der Waals surface area contributed by atoms with E-state index in [9.17, 15) is 13.2 Å². The number of nitrogens with one attached hydrogen (secondary N) is 1. The smallest absolute Gasteiger partial charge is 0.391 e. The minimum atomic E-state index is -4.09. The van der Waals surface area contributed by atoms with Gasteiger partial charge in [-0.2, -0.15) is 13.2 Å². The van der Waals surface area contributed by atoms with Gasteiger partial charge < -0.3 is 15.2 Å². The van der Waals surface area contributed by atoms with Crippen LogP contribution in [0.5, 0.6) is 5.75 Å². The molecule has 0 spiro atoms. The Hall–Kier alpha value is -1.43. The minimum absolute atomic E-state index is 0.0547. The van der Waals surface area contributed by atoms with Crippen molar-refractivity contribution in [3.8, 4) is 5.75 Å². The molecule has 21 heavy (non-hydrogen) atoms. The van der Waals surface area contributed by atoms with E-state index in [1.54, 1.807) is 24.3 Å². The lowest BCUT2D eigenvalue weighted by molar-refractivity contribution is -0.182. The first-order valence-corrected chi connectivity index (χ1v) is 7.16. The number of hydrogen-bond donors (Lipinski definition) is 2. The highest BCUT2D eigenvalue weighted by Crippen LogP contribution is 2.38. The van der Waals surface area contributed by atoms with Crippen LogP contribution >= 0.6 is 0 Å². The summed E-state index contributed by atoms with van der Waals surface area (Å²) < 4.78 is 43.5. The van der Waals surface area contributed by atoms with Gasteiger partial charge in [0.2, 0.25) is 0 Å². The van der Waals surface area contributed by atoms with Crippen LogP contribution in [-0.4, -0.2) is 30.5 Å². The number of anilines is 1. The first kappa shape index (κ1) is 15.9. The van der Waals surface area contributed by atoms with E-state index in [2.05, 4.69) is 5.32 Å². The summed E-state index contributed by atoms with van der Waals surface area (Å²) in [6.07, 6.45) is -2.38. The van der Waals surface area contributed by atoms with E-state index in [0.717, 1.165) is 12.1 Å². The summed E-state index contributed by atoms with van der Waals surface area (Å²) in [6, 6.07) is 6.90. The molecule has 2 rings (SSSR count). The summed E-state index contributed by atoms with van der Waals surface area (Å²) in [5, 5.41) is 11.8. The zero-order valence-corrected chi connectivity index (χ0v) is 11.7. The molecule has 0 heterocycles. The topological polar surface area (TPSA) is 41.5 Å². The van der Waals surface area contributed by atoms with Crippen molar-refractivity contribution in [2.24, 2.45) is 5.92 Å². The molecular weight excluding hydrogens is 283 g/mol. The predicted molar refractivity (Wildman–Crippen MR) is 74.4 cm³/mol. The lowest BCUT2D eigenvalue weighted by Gasteiger charge is -2.31. The maximum absolute atomic E-state index is 12.8. The average molecular weight is 303 g/mol. The quantitative estimate of drug-likeness (QED) is 0.873. The van der Waals surface area contributed by atoms with Gasteiger partial charge in [0.25, 0.3) is 0 Å². The molecule has 1 aromatic carbocycles. The molecule has 118 valence electrons. The number of aliphatic hydroxyl groups is 1. The summed E-state index contributed by atoms with van der Waals surface area (Å²) in [4.78, 5) is 0. The zero-order valence-electron chi connectivity index (χ0n) is 11.7. The highest BCUT2D eigenvalue weighted by Gasteiger charge is 2.42. The fraction of sp³-hybridized carbons (Fsp3) is 0.600. The molecule has 1 aromatic rings. The molecular formula is C15H20F3NO2. The number of alkyl halides is 3. The van der Waals surface area contributed by atoms with Crippen molar-refractivity contribution >= 4 is 5.69 Å². The molecule has 1 aliphatic carbocycles. The summed E-state index contributed by atoms with van der Waals surface area (Å²) in [7, 11) is 0. The van der Waals surface area contributed by atoms with E-state index in [-0.39, 0.29) is 32.1 Å². The lowest BCUT2D eigenvalue weighted by atomic mass is 9.85. The van der Waals surface area contributed by atoms with Gasteiger partial charge in [-0.25, -0.2) is 0 Å². The van der Waals surface area contributed by atoms with E-state index in [0.29, 0.717) is 12.2 Å². The van der Waals surface area contributed by atoms with Gasteiger partial charge in [-0.15, -0.1) is 0 Å². The van der Waals surface area contributed by atoms with Crippen LogP contribution < -0.4 is 10.1 Å². The van der Waals surface area contributed by atoms with Gasteiger partial charge in [0.05, 0.1) is 12.5 Å². The SMILES string of the molecule is OCCOc1ccc(N[C@H]2CCC[C@H](C(F)(F)F)C2)cc1. The van der Waals surface area contributed by atoms with Crippen molar-refractivity contribution in [3.63, 3.8) is 0 Å². The van der Waals surface area contributed by atoms with Gasteiger partial charge in [-0.3, -0.25) is 0 Å². The van der Waals surface area contributed by atoms with Crippen molar-refractivity contribution < 1.29 is 23.0 Å². The second-order valence-electron chi connectivity index (χ2n) is 5.34. The van der Waals surface area contributed by atoms with E-state index in [4.69, 9.17) is 9.84 Å². The van der Waals surface area contributed by atoms with Crippen molar-refractivity contribution in [2.45, 2.75) is 37.9 Å². The van der Waals surface area contributed by atoms with Gasteiger partial charge in [0, 0.05) is 11.7 Å². The minimum Gasteiger partial charge on any atom is -0.491 e. The van der Waals surface area contributed by atoms with Gasteiger partial charge in [0.1, 0.15) is 12.4 Å². The Morgan fingerprint density at radius 1 is 1.19 bits per heavy atom. The number of halogens is 3. The maximum atomic E-state index is 12.8. The van der Waals surface area contributed by atoms with Gasteiger partial charge >= 0.3 is 6.18 Å². The monoisotopic (exact) mass is 303 g/mol. The molecule has 1 saturated carbocycles. The van der Waals surface area contributed by atoms with Crippen LogP contribution in [0.25, 0.3) is 0 Å². The van der Waals surface area contributed by atoms with Crippen molar-refractivity contribution in [3.05, 3.63) is 24.3 Å². The second-order valence-corrected chi connectivity index (χ2v) is 5.34. The third kappa shape index (κ3) is 4.81. The Morgan fingerprint density at radius 3 is 2.52 bits per heavy atom. The normalized spacial score (nSPS) is 22.9. The lowest BCUT2D eigenvalue weighted by Crippen LogP contribution is -2.34. The zero-order chi connectivity index (χ0) is 15.3. The van der Waals surface area contributed by atoms with E-state index < -0.39 is 12.1 Å².